The Hall–Kier alpha value is -2.93. The van der Waals surface area contributed by atoms with Gasteiger partial charge < -0.3 is 5.73 Å². The van der Waals surface area contributed by atoms with Gasteiger partial charge in [-0.2, -0.15) is 9.61 Å². The number of aryl methyl sites for hydroxylation is 1. The number of hydrogen-bond donors (Lipinski definition) is 3. The van der Waals surface area contributed by atoms with Crippen LogP contribution in [0, 0.1) is 6.92 Å². The quantitative estimate of drug-likeness (QED) is 0.367. The van der Waals surface area contributed by atoms with Gasteiger partial charge in [0.15, 0.2) is 5.65 Å². The average Bonchev–Trinajstić information content (AvgIpc) is 2.85. The number of nitrogens with one attached hydrogen (secondary N) is 1. The van der Waals surface area contributed by atoms with Crippen molar-refractivity contribution in [3.8, 4) is 11.1 Å². The maximum absolute atomic E-state index is 11.6. The Morgan fingerprint density at radius 2 is 2.00 bits per heavy atom. The summed E-state index contributed by atoms with van der Waals surface area (Å²) in [6.07, 6.45) is 1.40. The molecule has 0 radical (unpaired) electrons. The normalized spacial score (nSPS) is 10.8. The van der Waals surface area contributed by atoms with E-state index in [9.17, 15) is 4.79 Å². The standard InChI is InChI=1S/C14H14N6O/c1-8-11(9-5-3-2-4-6-9)13-17-7-10(14(21)18-16)12(15)20(13)19-8/h2-7H,15-16H2,1H3,(H,18,21). The predicted molar refractivity (Wildman–Crippen MR) is 79.2 cm³/mol. The fourth-order valence-corrected chi connectivity index (χ4v) is 2.30. The molecule has 7 heteroatoms. The number of hydrazine groups is 1. The number of fused-ring (bicyclic) bond motifs is 1. The summed E-state index contributed by atoms with van der Waals surface area (Å²) in [5.41, 5.74) is 11.5. The molecule has 3 rings (SSSR count). The van der Waals surface area contributed by atoms with Crippen molar-refractivity contribution in [3.63, 3.8) is 0 Å². The first-order valence-corrected chi connectivity index (χ1v) is 6.33. The van der Waals surface area contributed by atoms with Crippen molar-refractivity contribution in [2.45, 2.75) is 6.92 Å². The molecule has 0 unspecified atom stereocenters. The Labute approximate surface area is 120 Å². The largest absolute Gasteiger partial charge is 0.383 e. The minimum Gasteiger partial charge on any atom is -0.383 e. The van der Waals surface area contributed by atoms with E-state index in [2.05, 4.69) is 10.1 Å². The third kappa shape index (κ3) is 2.00. The number of anilines is 1. The van der Waals surface area contributed by atoms with Crippen LogP contribution in [-0.2, 0) is 0 Å². The van der Waals surface area contributed by atoms with E-state index >= 15 is 0 Å². The monoisotopic (exact) mass is 282 g/mol. The molecule has 5 N–H and O–H groups in total. The second kappa shape index (κ2) is 4.88. The number of benzene rings is 1. The van der Waals surface area contributed by atoms with Gasteiger partial charge in [0, 0.05) is 11.8 Å². The zero-order valence-corrected chi connectivity index (χ0v) is 11.4. The van der Waals surface area contributed by atoms with Crippen LogP contribution in [0.15, 0.2) is 36.5 Å². The smallest absolute Gasteiger partial charge is 0.270 e. The van der Waals surface area contributed by atoms with Crippen molar-refractivity contribution >= 4 is 17.4 Å². The molecular weight excluding hydrogens is 268 g/mol. The molecule has 2 aromatic heterocycles. The Balaban J connectivity index is 2.28. The molecule has 0 spiro atoms. The number of carbonyl (C=O) groups is 1. The molecule has 21 heavy (non-hydrogen) atoms. The highest BCUT2D eigenvalue weighted by molar-refractivity contribution is 5.98. The van der Waals surface area contributed by atoms with Gasteiger partial charge in [-0.3, -0.25) is 10.2 Å². The maximum Gasteiger partial charge on any atom is 0.270 e. The van der Waals surface area contributed by atoms with E-state index < -0.39 is 5.91 Å². The molecular formula is C14H14N6O. The number of nitrogens with zero attached hydrogens (tertiary/aromatic N) is 3. The van der Waals surface area contributed by atoms with E-state index in [-0.39, 0.29) is 11.4 Å². The second-order valence-electron chi connectivity index (χ2n) is 4.59. The van der Waals surface area contributed by atoms with Crippen molar-refractivity contribution < 1.29 is 4.79 Å². The molecule has 3 aromatic rings. The van der Waals surface area contributed by atoms with E-state index in [1.54, 1.807) is 0 Å². The molecule has 0 aliphatic carbocycles. The first-order valence-electron chi connectivity index (χ1n) is 6.33. The predicted octanol–water partition coefficient (Wildman–Crippen LogP) is 0.890. The van der Waals surface area contributed by atoms with Crippen LogP contribution in [0.3, 0.4) is 0 Å². The lowest BCUT2D eigenvalue weighted by molar-refractivity contribution is 0.0953. The highest BCUT2D eigenvalue weighted by Crippen LogP contribution is 2.28. The van der Waals surface area contributed by atoms with Gasteiger partial charge in [-0.25, -0.2) is 10.8 Å². The summed E-state index contributed by atoms with van der Waals surface area (Å²) in [6, 6.07) is 9.77. The molecule has 0 aliphatic heterocycles. The molecule has 1 amide bonds. The Kier molecular flexibility index (Phi) is 3.03. The first kappa shape index (κ1) is 13.1. The molecule has 1 aromatic carbocycles. The van der Waals surface area contributed by atoms with Crippen LogP contribution in [0.5, 0.6) is 0 Å². The Morgan fingerprint density at radius 1 is 1.29 bits per heavy atom. The van der Waals surface area contributed by atoms with Gasteiger partial charge >= 0.3 is 0 Å². The summed E-state index contributed by atoms with van der Waals surface area (Å²) in [5, 5.41) is 4.37. The van der Waals surface area contributed by atoms with E-state index in [4.69, 9.17) is 11.6 Å². The number of hydrogen-bond acceptors (Lipinski definition) is 5. The molecule has 7 nitrogen and oxygen atoms in total. The highest BCUT2D eigenvalue weighted by Gasteiger charge is 2.18. The number of rotatable bonds is 2. The van der Waals surface area contributed by atoms with Gasteiger partial charge in [-0.05, 0) is 12.5 Å². The van der Waals surface area contributed by atoms with E-state index in [0.717, 1.165) is 16.8 Å². The molecule has 106 valence electrons. The third-order valence-corrected chi connectivity index (χ3v) is 3.29. The number of nitrogens with two attached hydrogens (primary N) is 2. The first-order chi connectivity index (χ1) is 10.1. The van der Waals surface area contributed by atoms with Crippen molar-refractivity contribution in [1.82, 2.24) is 20.0 Å². The van der Waals surface area contributed by atoms with Gasteiger partial charge in [-0.1, -0.05) is 30.3 Å². The molecule has 0 fully saturated rings. The Morgan fingerprint density at radius 3 is 2.67 bits per heavy atom. The minimum atomic E-state index is -0.503. The highest BCUT2D eigenvalue weighted by atomic mass is 16.2. The number of carbonyl (C=O) groups excluding carboxylic acids is 1. The van der Waals surface area contributed by atoms with Gasteiger partial charge in [0.1, 0.15) is 11.4 Å². The number of aromatic nitrogens is 3. The maximum atomic E-state index is 11.6. The van der Waals surface area contributed by atoms with Crippen molar-refractivity contribution in [2.75, 3.05) is 5.73 Å². The zero-order valence-electron chi connectivity index (χ0n) is 11.4. The van der Waals surface area contributed by atoms with Crippen LogP contribution in [-0.4, -0.2) is 20.5 Å². The SMILES string of the molecule is Cc1nn2c(N)c(C(=O)NN)cnc2c1-c1ccccc1. The molecule has 0 atom stereocenters. The average molecular weight is 282 g/mol. The summed E-state index contributed by atoms with van der Waals surface area (Å²) in [4.78, 5) is 16.0. The number of amides is 1. The van der Waals surface area contributed by atoms with E-state index in [1.165, 1.54) is 10.7 Å². The van der Waals surface area contributed by atoms with Crippen LogP contribution in [0.4, 0.5) is 5.82 Å². The van der Waals surface area contributed by atoms with Crippen LogP contribution in [0.1, 0.15) is 16.1 Å². The summed E-state index contributed by atoms with van der Waals surface area (Å²) in [7, 11) is 0. The van der Waals surface area contributed by atoms with Gasteiger partial charge in [0.2, 0.25) is 0 Å². The van der Waals surface area contributed by atoms with Gasteiger partial charge in [0.25, 0.3) is 5.91 Å². The van der Waals surface area contributed by atoms with E-state index in [0.29, 0.717) is 5.65 Å². The van der Waals surface area contributed by atoms with Gasteiger partial charge in [-0.15, -0.1) is 0 Å². The lowest BCUT2D eigenvalue weighted by Crippen LogP contribution is -2.31. The lowest BCUT2D eigenvalue weighted by Gasteiger charge is -2.06. The summed E-state index contributed by atoms with van der Waals surface area (Å²) in [6.45, 7) is 1.87. The fraction of sp³-hybridized carbons (Fsp3) is 0.0714. The van der Waals surface area contributed by atoms with Crippen LogP contribution in [0.25, 0.3) is 16.8 Å². The summed E-state index contributed by atoms with van der Waals surface area (Å²) in [5.74, 6) is 4.83. The van der Waals surface area contributed by atoms with E-state index in [1.807, 2.05) is 42.7 Å². The van der Waals surface area contributed by atoms with Gasteiger partial charge in [0.05, 0.1) is 5.69 Å². The lowest BCUT2D eigenvalue weighted by atomic mass is 10.1. The summed E-state index contributed by atoms with van der Waals surface area (Å²) >= 11 is 0. The minimum absolute atomic E-state index is 0.187. The van der Waals surface area contributed by atoms with Crippen molar-refractivity contribution in [3.05, 3.63) is 47.8 Å². The van der Waals surface area contributed by atoms with Crippen molar-refractivity contribution in [1.29, 1.82) is 0 Å². The second-order valence-corrected chi connectivity index (χ2v) is 4.59. The van der Waals surface area contributed by atoms with Crippen LogP contribution >= 0.6 is 0 Å². The molecule has 0 aliphatic rings. The molecule has 0 bridgehead atoms. The summed E-state index contributed by atoms with van der Waals surface area (Å²) < 4.78 is 1.46. The van der Waals surface area contributed by atoms with Crippen molar-refractivity contribution in [2.24, 2.45) is 5.84 Å². The zero-order chi connectivity index (χ0) is 15.0. The van der Waals surface area contributed by atoms with Crippen LogP contribution < -0.4 is 17.0 Å². The van der Waals surface area contributed by atoms with Crippen LogP contribution in [0.2, 0.25) is 0 Å². The third-order valence-electron chi connectivity index (χ3n) is 3.29. The molecule has 2 heterocycles. The Bertz CT molecular complexity index is 824. The number of nitrogen functional groups attached to an aromatic ring is 2. The molecule has 0 saturated heterocycles. The molecule has 0 saturated carbocycles. The topological polar surface area (TPSA) is 111 Å². The fourth-order valence-electron chi connectivity index (χ4n) is 2.30.